The van der Waals surface area contributed by atoms with Crippen molar-refractivity contribution >= 4 is 43.4 Å². The molecule has 0 N–H and O–H groups in total. The van der Waals surface area contributed by atoms with Gasteiger partial charge in [0, 0.05) is 21.3 Å². The van der Waals surface area contributed by atoms with Crippen LogP contribution in [0, 0.1) is 0 Å². The molecule has 1 heterocycles. The molecule has 2 aromatic rings. The highest BCUT2D eigenvalue weighted by Crippen LogP contribution is 2.36. The first-order valence-corrected chi connectivity index (χ1v) is 10.5. The molecule has 9 heteroatoms. The Morgan fingerprint density at radius 1 is 1.11 bits per heavy atom. The average molecular weight is 428 g/mol. The smallest absolute Gasteiger partial charge is 0.430 e. The predicted octanol–water partition coefficient (Wildman–Crippen LogP) is 4.76. The molecule has 142 valence electrons. The lowest BCUT2D eigenvalue weighted by Crippen LogP contribution is -2.36. The molecule has 27 heavy (non-hydrogen) atoms. The highest BCUT2D eigenvalue weighted by atomic mass is 35.7. The topological polar surface area (TPSA) is 72.9 Å². The summed E-state index contributed by atoms with van der Waals surface area (Å²) in [6.45, 7) is 0. The lowest BCUT2D eigenvalue weighted by Gasteiger charge is -2.25. The van der Waals surface area contributed by atoms with Crippen molar-refractivity contribution < 1.29 is 22.7 Å². The fourth-order valence-electron chi connectivity index (χ4n) is 2.75. The monoisotopic (exact) mass is 427 g/mol. The number of hydrogen-bond acceptors (Lipinski definition) is 5. The minimum Gasteiger partial charge on any atom is -0.497 e. The molecule has 6 nitrogen and oxygen atoms in total. The van der Waals surface area contributed by atoms with E-state index in [1.54, 1.807) is 54.6 Å². The zero-order valence-corrected chi connectivity index (χ0v) is 16.5. The summed E-state index contributed by atoms with van der Waals surface area (Å²) in [4.78, 5) is 12.6. The van der Waals surface area contributed by atoms with Gasteiger partial charge in [0.1, 0.15) is 11.5 Å². The minimum atomic E-state index is -4.38. The van der Waals surface area contributed by atoms with Crippen LogP contribution in [0.15, 0.2) is 54.6 Å². The van der Waals surface area contributed by atoms with Gasteiger partial charge in [-0.1, -0.05) is 23.7 Å². The molecule has 0 aromatic heterocycles. The van der Waals surface area contributed by atoms with Crippen LogP contribution in [0.1, 0.15) is 23.6 Å². The highest BCUT2D eigenvalue weighted by Gasteiger charge is 2.38. The van der Waals surface area contributed by atoms with Crippen LogP contribution in [0.2, 0.25) is 5.02 Å². The van der Waals surface area contributed by atoms with Gasteiger partial charge in [-0.3, -0.25) is 0 Å². The summed E-state index contributed by atoms with van der Waals surface area (Å²) >= 11 is 5.88. The predicted molar refractivity (Wildman–Crippen MR) is 103 cm³/mol. The second-order valence-electron chi connectivity index (χ2n) is 5.71. The van der Waals surface area contributed by atoms with Crippen LogP contribution in [0.25, 0.3) is 5.76 Å². The first-order chi connectivity index (χ1) is 12.8. The van der Waals surface area contributed by atoms with Crippen molar-refractivity contribution in [1.29, 1.82) is 0 Å². The van der Waals surface area contributed by atoms with E-state index in [1.807, 2.05) is 0 Å². The second kappa shape index (κ2) is 7.80. The number of nitrogens with zero attached hydrogens (tertiary/aromatic N) is 1. The van der Waals surface area contributed by atoms with Gasteiger partial charge in [0.25, 0.3) is 0 Å². The number of benzene rings is 2. The van der Waals surface area contributed by atoms with Crippen LogP contribution in [-0.4, -0.2) is 25.9 Å². The third-order valence-corrected chi connectivity index (χ3v) is 5.62. The Kier molecular flexibility index (Phi) is 5.64. The van der Waals surface area contributed by atoms with E-state index in [-0.39, 0.29) is 12.2 Å². The van der Waals surface area contributed by atoms with Gasteiger partial charge < -0.3 is 9.47 Å². The first kappa shape index (κ1) is 19.5. The third-order valence-electron chi connectivity index (χ3n) is 4.05. The van der Waals surface area contributed by atoms with Crippen molar-refractivity contribution in [1.82, 2.24) is 4.31 Å². The largest absolute Gasteiger partial charge is 0.497 e. The van der Waals surface area contributed by atoms with Crippen LogP contribution in [-0.2, 0) is 14.0 Å². The number of amides is 1. The van der Waals surface area contributed by atoms with Gasteiger partial charge in [-0.25, -0.2) is 4.79 Å². The molecule has 0 aliphatic carbocycles. The van der Waals surface area contributed by atoms with E-state index in [9.17, 15) is 13.2 Å². The number of hydrogen-bond donors (Lipinski definition) is 0. The van der Waals surface area contributed by atoms with Gasteiger partial charge >= 0.3 is 15.3 Å². The van der Waals surface area contributed by atoms with Gasteiger partial charge in [-0.05, 0) is 54.5 Å². The van der Waals surface area contributed by atoms with Crippen LogP contribution in [0.5, 0.6) is 5.75 Å². The van der Waals surface area contributed by atoms with Gasteiger partial charge in [-0.2, -0.15) is 12.7 Å². The number of cyclic esters (lactones) is 1. The number of carbonyl (C=O) groups is 1. The quantitative estimate of drug-likeness (QED) is 0.657. The third kappa shape index (κ3) is 4.37. The van der Waals surface area contributed by atoms with Crippen LogP contribution in [0.3, 0.4) is 0 Å². The summed E-state index contributed by atoms with van der Waals surface area (Å²) in [6.07, 6.45) is 0.754. The molecule has 1 atom stereocenters. The van der Waals surface area contributed by atoms with E-state index in [4.69, 9.17) is 31.8 Å². The maximum atomic E-state index is 12.6. The molecule has 0 bridgehead atoms. The second-order valence-corrected chi connectivity index (χ2v) is 8.53. The summed E-state index contributed by atoms with van der Waals surface area (Å²) in [6, 6.07) is 12.5. The molecule has 2 aromatic carbocycles. The molecule has 1 amide bonds. The Morgan fingerprint density at radius 3 is 2.30 bits per heavy atom. The normalized spacial score (nSPS) is 17.7. The molecule has 0 fully saturated rings. The van der Waals surface area contributed by atoms with Gasteiger partial charge in [-0.15, -0.1) is 0 Å². The highest BCUT2D eigenvalue weighted by molar-refractivity contribution is 8.12. The molecule has 0 spiro atoms. The number of rotatable bonds is 4. The van der Waals surface area contributed by atoms with Crippen molar-refractivity contribution in [3.8, 4) is 5.75 Å². The molecular formula is C18H15Cl2NO5S. The lowest BCUT2D eigenvalue weighted by molar-refractivity contribution is 0.163. The van der Waals surface area contributed by atoms with E-state index in [0.717, 1.165) is 0 Å². The Labute approximate surface area is 166 Å². The molecule has 1 aliphatic heterocycles. The molecular weight excluding hydrogens is 413 g/mol. The summed E-state index contributed by atoms with van der Waals surface area (Å²) < 4.78 is 35.1. The summed E-state index contributed by atoms with van der Waals surface area (Å²) in [5.41, 5.74) is 1.17. The maximum Gasteiger partial charge on any atom is 0.430 e. The van der Waals surface area contributed by atoms with Gasteiger partial charge in [0.05, 0.1) is 13.2 Å². The number of methoxy groups -OCH3 is 1. The minimum absolute atomic E-state index is 0.183. The SMILES string of the molecule is COc1ccc(C2CC=C(c3ccc(Cl)cc3)OC(=O)N2S(=O)(=O)Cl)cc1. The fourth-order valence-corrected chi connectivity index (χ4v) is 4.06. The van der Waals surface area contributed by atoms with Crippen molar-refractivity contribution in [2.45, 2.75) is 12.5 Å². The molecule has 1 unspecified atom stereocenters. The Hall–Kier alpha value is -2.22. The van der Waals surface area contributed by atoms with Crippen LogP contribution >= 0.6 is 22.3 Å². The van der Waals surface area contributed by atoms with E-state index in [1.165, 1.54) is 7.11 Å². The molecule has 0 radical (unpaired) electrons. The van der Waals surface area contributed by atoms with Crippen molar-refractivity contribution in [3.05, 3.63) is 70.8 Å². The number of carbonyl (C=O) groups excluding carboxylic acids is 1. The Morgan fingerprint density at radius 2 is 1.74 bits per heavy atom. The van der Waals surface area contributed by atoms with E-state index < -0.39 is 21.4 Å². The molecule has 0 saturated heterocycles. The summed E-state index contributed by atoms with van der Waals surface area (Å²) in [5.74, 6) is 0.839. The van der Waals surface area contributed by atoms with Gasteiger partial charge in [0.2, 0.25) is 0 Å². The number of halogens is 2. The maximum absolute atomic E-state index is 12.6. The van der Waals surface area contributed by atoms with E-state index >= 15 is 0 Å². The zero-order valence-electron chi connectivity index (χ0n) is 14.1. The molecule has 0 saturated carbocycles. The van der Waals surface area contributed by atoms with Crippen molar-refractivity contribution in [3.63, 3.8) is 0 Å². The first-order valence-electron chi connectivity index (χ1n) is 7.85. The summed E-state index contributed by atoms with van der Waals surface area (Å²) in [5, 5.41) is 0.528. The van der Waals surface area contributed by atoms with Crippen LogP contribution < -0.4 is 4.74 Å². The molecule has 1 aliphatic rings. The fraction of sp³-hybridized carbons (Fsp3) is 0.167. The number of ether oxygens (including phenoxy) is 2. The standard InChI is InChI=1S/C18H15Cl2NO5S/c1-25-15-8-4-12(5-9-15)16-10-11-17(13-2-6-14(19)7-3-13)26-18(22)21(16)27(20,23)24/h2-9,11,16H,10H2,1H3. The Bertz CT molecular complexity index is 972. The lowest BCUT2D eigenvalue weighted by atomic mass is 10.0. The van der Waals surface area contributed by atoms with Crippen molar-refractivity contribution in [2.24, 2.45) is 0 Å². The van der Waals surface area contributed by atoms with E-state index in [0.29, 0.717) is 26.2 Å². The van der Waals surface area contributed by atoms with E-state index in [2.05, 4.69) is 0 Å². The zero-order chi connectivity index (χ0) is 19.6. The van der Waals surface area contributed by atoms with Crippen molar-refractivity contribution in [2.75, 3.05) is 7.11 Å². The molecule has 3 rings (SSSR count). The van der Waals surface area contributed by atoms with Crippen LogP contribution in [0.4, 0.5) is 4.79 Å². The Balaban J connectivity index is 2.02. The average Bonchev–Trinajstić information content (AvgIpc) is 2.81. The van der Waals surface area contributed by atoms with Gasteiger partial charge in [0.15, 0.2) is 0 Å². The summed E-state index contributed by atoms with van der Waals surface area (Å²) in [7, 11) is 2.67.